The van der Waals surface area contributed by atoms with Crippen molar-refractivity contribution in [2.75, 3.05) is 7.11 Å². The summed E-state index contributed by atoms with van der Waals surface area (Å²) in [6.45, 7) is 4.43. The molecule has 2 nitrogen and oxygen atoms in total. The van der Waals surface area contributed by atoms with Crippen LogP contribution in [-0.2, 0) is 9.53 Å². The van der Waals surface area contributed by atoms with Crippen molar-refractivity contribution in [1.82, 2.24) is 0 Å². The third kappa shape index (κ3) is 6.32. The molecule has 1 rings (SSSR count). The molecule has 0 aliphatic rings. The van der Waals surface area contributed by atoms with E-state index >= 15 is 0 Å². The number of hydrogen-bond donors (Lipinski definition) is 0. The van der Waals surface area contributed by atoms with E-state index in [0.29, 0.717) is 5.92 Å². The summed E-state index contributed by atoms with van der Waals surface area (Å²) >= 11 is 0. The van der Waals surface area contributed by atoms with Crippen LogP contribution in [0.4, 0.5) is 0 Å². The molecule has 22 heavy (non-hydrogen) atoms. The van der Waals surface area contributed by atoms with E-state index in [9.17, 15) is 4.79 Å². The Morgan fingerprint density at radius 3 is 2.23 bits per heavy atom. The van der Waals surface area contributed by atoms with Gasteiger partial charge < -0.3 is 4.74 Å². The maximum Gasteiger partial charge on any atom is 0.338 e. The number of carbonyl (C=O) groups is 1. The van der Waals surface area contributed by atoms with Crippen molar-refractivity contribution in [2.45, 2.75) is 52.4 Å². The number of methoxy groups -OCH3 is 1. The molecular formula is C20H28O2. The predicted molar refractivity (Wildman–Crippen MR) is 92.5 cm³/mol. The SMILES string of the molecule is CCCCC(CCCC)C(=C=CC(=O)OC)c1ccccc1. The van der Waals surface area contributed by atoms with Gasteiger partial charge in [0.15, 0.2) is 0 Å². The molecule has 0 saturated carbocycles. The Kier molecular flexibility index (Phi) is 9.02. The van der Waals surface area contributed by atoms with Gasteiger partial charge in [-0.05, 0) is 24.3 Å². The van der Waals surface area contributed by atoms with E-state index in [1.807, 2.05) is 18.2 Å². The van der Waals surface area contributed by atoms with E-state index < -0.39 is 0 Å². The molecule has 1 aromatic carbocycles. The Labute approximate surface area is 134 Å². The highest BCUT2D eigenvalue weighted by molar-refractivity contribution is 5.83. The van der Waals surface area contributed by atoms with E-state index in [1.54, 1.807) is 0 Å². The molecule has 0 atom stereocenters. The van der Waals surface area contributed by atoms with Gasteiger partial charge in [-0.2, -0.15) is 0 Å². The molecule has 1 aromatic rings. The van der Waals surface area contributed by atoms with Crippen LogP contribution in [0, 0.1) is 5.92 Å². The Morgan fingerprint density at radius 1 is 1.14 bits per heavy atom. The number of rotatable bonds is 9. The minimum absolute atomic E-state index is 0.349. The zero-order chi connectivity index (χ0) is 16.2. The van der Waals surface area contributed by atoms with Crippen LogP contribution in [0.5, 0.6) is 0 Å². The Hall–Kier alpha value is -1.79. The number of hydrogen-bond acceptors (Lipinski definition) is 2. The van der Waals surface area contributed by atoms with Crippen LogP contribution in [0.1, 0.15) is 57.9 Å². The Bertz CT molecular complexity index is 488. The quantitative estimate of drug-likeness (QED) is 0.347. The molecule has 2 heteroatoms. The summed E-state index contributed by atoms with van der Waals surface area (Å²) in [7, 11) is 1.40. The number of unbranched alkanes of at least 4 members (excludes halogenated alkanes) is 2. The number of benzene rings is 1. The number of carbonyl (C=O) groups excluding carboxylic acids is 1. The summed E-state index contributed by atoms with van der Waals surface area (Å²) in [5.41, 5.74) is 5.51. The lowest BCUT2D eigenvalue weighted by molar-refractivity contribution is -0.134. The normalized spacial score (nSPS) is 10.2. The molecular weight excluding hydrogens is 272 g/mol. The van der Waals surface area contributed by atoms with Gasteiger partial charge in [-0.1, -0.05) is 69.9 Å². The van der Waals surface area contributed by atoms with Gasteiger partial charge in [0.2, 0.25) is 0 Å². The monoisotopic (exact) mass is 300 g/mol. The molecule has 0 aromatic heterocycles. The van der Waals surface area contributed by atoms with Crippen molar-refractivity contribution >= 4 is 11.5 Å². The molecule has 0 fully saturated rings. The maximum atomic E-state index is 11.4. The fraction of sp³-hybridized carbons (Fsp3) is 0.500. The average molecular weight is 300 g/mol. The third-order valence-electron chi connectivity index (χ3n) is 3.85. The standard InChI is InChI=1S/C20H28O2/c1-4-6-11-17(12-7-5-2)19(15-16-20(21)22-3)18-13-9-8-10-14-18/h8-10,13-14,16-17H,4-7,11-12H2,1-3H3. The Morgan fingerprint density at radius 2 is 1.73 bits per heavy atom. The van der Waals surface area contributed by atoms with Crippen LogP contribution in [0.3, 0.4) is 0 Å². The van der Waals surface area contributed by atoms with E-state index in [-0.39, 0.29) is 5.97 Å². The minimum Gasteiger partial charge on any atom is -0.465 e. The number of esters is 1. The zero-order valence-corrected chi connectivity index (χ0v) is 14.1. The molecule has 0 amide bonds. The van der Waals surface area contributed by atoms with Gasteiger partial charge >= 0.3 is 5.97 Å². The first-order valence-electron chi connectivity index (χ1n) is 8.32. The van der Waals surface area contributed by atoms with Crippen molar-refractivity contribution < 1.29 is 9.53 Å². The summed E-state index contributed by atoms with van der Waals surface area (Å²) in [4.78, 5) is 11.4. The molecule has 0 aliphatic heterocycles. The topological polar surface area (TPSA) is 26.3 Å². The van der Waals surface area contributed by atoms with Crippen LogP contribution >= 0.6 is 0 Å². The summed E-state index contributed by atoms with van der Waals surface area (Å²) in [5, 5.41) is 0. The molecule has 0 spiro atoms. The van der Waals surface area contributed by atoms with Gasteiger partial charge in [-0.3, -0.25) is 0 Å². The maximum absolute atomic E-state index is 11.4. The smallest absolute Gasteiger partial charge is 0.338 e. The molecule has 0 bridgehead atoms. The van der Waals surface area contributed by atoms with Crippen molar-refractivity contribution in [2.24, 2.45) is 5.92 Å². The fourth-order valence-electron chi connectivity index (χ4n) is 2.58. The third-order valence-corrected chi connectivity index (χ3v) is 3.85. The molecule has 0 radical (unpaired) electrons. The summed E-state index contributed by atoms with van der Waals surface area (Å²) in [6.07, 6.45) is 8.48. The highest BCUT2D eigenvalue weighted by Crippen LogP contribution is 2.31. The van der Waals surface area contributed by atoms with Crippen LogP contribution in [0.15, 0.2) is 42.1 Å². The van der Waals surface area contributed by atoms with Gasteiger partial charge in [0, 0.05) is 5.57 Å². The fourth-order valence-corrected chi connectivity index (χ4v) is 2.58. The lowest BCUT2D eigenvalue weighted by atomic mass is 9.85. The molecule has 0 heterocycles. The van der Waals surface area contributed by atoms with Crippen LogP contribution in [0.2, 0.25) is 0 Å². The van der Waals surface area contributed by atoms with E-state index in [2.05, 4.69) is 31.7 Å². The summed E-state index contributed by atoms with van der Waals surface area (Å²) in [5.74, 6) is 0.0985. The molecule has 0 aliphatic carbocycles. The summed E-state index contributed by atoms with van der Waals surface area (Å²) < 4.78 is 4.71. The van der Waals surface area contributed by atoms with Gasteiger partial charge in [-0.15, -0.1) is 5.73 Å². The second kappa shape index (κ2) is 10.9. The van der Waals surface area contributed by atoms with Crippen LogP contribution in [-0.4, -0.2) is 13.1 Å². The zero-order valence-electron chi connectivity index (χ0n) is 14.1. The van der Waals surface area contributed by atoms with Crippen molar-refractivity contribution in [3.05, 3.63) is 47.7 Å². The number of ether oxygens (including phenoxy) is 1. The van der Waals surface area contributed by atoms with Crippen LogP contribution < -0.4 is 0 Å². The lowest BCUT2D eigenvalue weighted by Crippen LogP contribution is -2.04. The van der Waals surface area contributed by atoms with Crippen LogP contribution in [0.25, 0.3) is 5.57 Å². The molecule has 0 saturated heterocycles. The van der Waals surface area contributed by atoms with Gasteiger partial charge in [-0.25, -0.2) is 4.79 Å². The first-order chi connectivity index (χ1) is 10.7. The van der Waals surface area contributed by atoms with Crippen molar-refractivity contribution in [1.29, 1.82) is 0 Å². The highest BCUT2D eigenvalue weighted by atomic mass is 16.5. The second-order valence-electron chi connectivity index (χ2n) is 5.57. The first kappa shape index (κ1) is 18.3. The molecule has 120 valence electrons. The van der Waals surface area contributed by atoms with E-state index in [1.165, 1.54) is 38.9 Å². The predicted octanol–water partition coefficient (Wildman–Crippen LogP) is 5.39. The largest absolute Gasteiger partial charge is 0.465 e. The van der Waals surface area contributed by atoms with Gasteiger partial charge in [0.1, 0.15) is 0 Å². The Balaban J connectivity index is 3.14. The second-order valence-corrected chi connectivity index (χ2v) is 5.57. The average Bonchev–Trinajstić information content (AvgIpc) is 2.57. The lowest BCUT2D eigenvalue weighted by Gasteiger charge is -2.19. The minimum atomic E-state index is -0.349. The first-order valence-corrected chi connectivity index (χ1v) is 8.32. The highest BCUT2D eigenvalue weighted by Gasteiger charge is 2.15. The summed E-state index contributed by atoms with van der Waals surface area (Å²) in [6, 6.07) is 10.3. The van der Waals surface area contributed by atoms with Gasteiger partial charge in [0.25, 0.3) is 0 Å². The van der Waals surface area contributed by atoms with Crippen molar-refractivity contribution in [3.8, 4) is 0 Å². The van der Waals surface area contributed by atoms with Crippen molar-refractivity contribution in [3.63, 3.8) is 0 Å². The molecule has 0 N–H and O–H groups in total. The van der Waals surface area contributed by atoms with E-state index in [4.69, 9.17) is 4.74 Å². The van der Waals surface area contributed by atoms with Gasteiger partial charge in [0.05, 0.1) is 13.2 Å². The molecule has 0 unspecified atom stereocenters. The van der Waals surface area contributed by atoms with E-state index in [0.717, 1.165) is 24.0 Å².